The maximum absolute atomic E-state index is 13.5. The summed E-state index contributed by atoms with van der Waals surface area (Å²) in [6.45, 7) is 2.73. The Hall–Kier alpha value is -1.54. The molecule has 25 heavy (non-hydrogen) atoms. The molecule has 0 saturated carbocycles. The van der Waals surface area contributed by atoms with Crippen molar-refractivity contribution in [2.45, 2.75) is 17.9 Å². The van der Waals surface area contributed by atoms with E-state index < -0.39 is 27.7 Å². The summed E-state index contributed by atoms with van der Waals surface area (Å²) in [5.41, 5.74) is 0.942. The molecular formula is C17H19ClF2N2O2S. The van der Waals surface area contributed by atoms with Crippen molar-refractivity contribution in [2.75, 3.05) is 19.6 Å². The van der Waals surface area contributed by atoms with Crippen molar-refractivity contribution >= 4 is 22.4 Å². The smallest absolute Gasteiger partial charge is 0.243 e. The normalized spacial score (nSPS) is 18.6. The van der Waals surface area contributed by atoms with E-state index in [1.165, 1.54) is 28.6 Å². The highest BCUT2D eigenvalue weighted by Gasteiger charge is 2.35. The van der Waals surface area contributed by atoms with Crippen LogP contribution in [-0.4, -0.2) is 32.4 Å². The van der Waals surface area contributed by atoms with Gasteiger partial charge in [0.05, 0.1) is 10.9 Å². The first kappa shape index (κ1) is 19.8. The van der Waals surface area contributed by atoms with E-state index in [2.05, 4.69) is 5.32 Å². The summed E-state index contributed by atoms with van der Waals surface area (Å²) >= 11 is 0. The molecule has 1 heterocycles. The van der Waals surface area contributed by atoms with Gasteiger partial charge in [-0.25, -0.2) is 17.2 Å². The molecule has 0 spiro atoms. The number of piperazine rings is 1. The van der Waals surface area contributed by atoms with Crippen LogP contribution in [0.4, 0.5) is 8.78 Å². The highest BCUT2D eigenvalue weighted by Crippen LogP contribution is 2.30. The molecule has 4 nitrogen and oxygen atoms in total. The lowest BCUT2D eigenvalue weighted by atomic mass is 10.1. The Kier molecular flexibility index (Phi) is 6.16. The van der Waals surface area contributed by atoms with Crippen molar-refractivity contribution < 1.29 is 17.2 Å². The van der Waals surface area contributed by atoms with Crippen LogP contribution in [0.3, 0.4) is 0 Å². The van der Waals surface area contributed by atoms with Gasteiger partial charge >= 0.3 is 0 Å². The summed E-state index contributed by atoms with van der Waals surface area (Å²) < 4.78 is 54.4. The van der Waals surface area contributed by atoms with Crippen LogP contribution in [0.15, 0.2) is 47.4 Å². The molecule has 8 heteroatoms. The van der Waals surface area contributed by atoms with Crippen LogP contribution < -0.4 is 5.32 Å². The first-order valence-corrected chi connectivity index (χ1v) is 9.08. The van der Waals surface area contributed by atoms with Crippen LogP contribution >= 0.6 is 12.4 Å². The van der Waals surface area contributed by atoms with Crippen LogP contribution in [0.1, 0.15) is 17.2 Å². The summed E-state index contributed by atoms with van der Waals surface area (Å²) in [5, 5.41) is 3.14. The van der Waals surface area contributed by atoms with Gasteiger partial charge in [-0.05, 0) is 48.4 Å². The number of benzene rings is 2. The number of rotatable bonds is 3. The van der Waals surface area contributed by atoms with Crippen molar-refractivity contribution in [3.05, 3.63) is 65.2 Å². The van der Waals surface area contributed by atoms with E-state index in [-0.39, 0.29) is 23.8 Å². The van der Waals surface area contributed by atoms with E-state index in [4.69, 9.17) is 0 Å². The Morgan fingerprint density at radius 1 is 1.12 bits per heavy atom. The van der Waals surface area contributed by atoms with E-state index in [0.717, 1.165) is 6.07 Å². The summed E-state index contributed by atoms with van der Waals surface area (Å²) in [4.78, 5) is 0.0761. The molecular weight excluding hydrogens is 370 g/mol. The number of aryl methyl sites for hydroxylation is 1. The van der Waals surface area contributed by atoms with Crippen molar-refractivity contribution in [3.8, 4) is 0 Å². The van der Waals surface area contributed by atoms with E-state index >= 15 is 0 Å². The van der Waals surface area contributed by atoms with E-state index in [1.807, 2.05) is 0 Å². The predicted octanol–water partition coefficient (Wildman–Crippen LogP) is 3.03. The zero-order chi connectivity index (χ0) is 17.3. The zero-order valence-corrected chi connectivity index (χ0v) is 15.2. The standard InChI is InChI=1S/C17H18F2N2O2S.ClH/c1-12-9-15(19)5-6-17(12)24(22,23)21-8-7-20-11-16(21)13-3-2-4-14(18)10-13;/h2-6,9-10,16,20H,7-8,11H2,1H3;1H. The molecule has 1 fully saturated rings. The molecule has 1 unspecified atom stereocenters. The number of sulfonamides is 1. The molecule has 1 aliphatic rings. The monoisotopic (exact) mass is 388 g/mol. The van der Waals surface area contributed by atoms with E-state index in [0.29, 0.717) is 24.2 Å². The van der Waals surface area contributed by atoms with Gasteiger partial charge < -0.3 is 5.32 Å². The SMILES string of the molecule is Cc1cc(F)ccc1S(=O)(=O)N1CCNCC1c1cccc(F)c1.Cl. The molecule has 0 bridgehead atoms. The number of nitrogens with zero attached hydrogens (tertiary/aromatic N) is 1. The minimum atomic E-state index is -3.82. The maximum atomic E-state index is 13.5. The Bertz CT molecular complexity index is 861. The van der Waals surface area contributed by atoms with Crippen molar-refractivity contribution in [3.63, 3.8) is 0 Å². The van der Waals surface area contributed by atoms with Gasteiger partial charge in [0, 0.05) is 19.6 Å². The van der Waals surface area contributed by atoms with Crippen LogP contribution in [0.25, 0.3) is 0 Å². The zero-order valence-electron chi connectivity index (χ0n) is 13.6. The Morgan fingerprint density at radius 3 is 2.52 bits per heavy atom. The van der Waals surface area contributed by atoms with Gasteiger partial charge in [-0.15, -0.1) is 12.4 Å². The maximum Gasteiger partial charge on any atom is 0.243 e. The van der Waals surface area contributed by atoms with Gasteiger partial charge in [-0.3, -0.25) is 0 Å². The lowest BCUT2D eigenvalue weighted by Crippen LogP contribution is -2.48. The second kappa shape index (κ2) is 7.78. The molecule has 1 saturated heterocycles. The summed E-state index contributed by atoms with van der Waals surface area (Å²) in [6, 6.07) is 9.05. The number of hydrogen-bond acceptors (Lipinski definition) is 3. The molecule has 0 aromatic heterocycles. The average Bonchev–Trinajstić information content (AvgIpc) is 2.54. The van der Waals surface area contributed by atoms with Crippen LogP contribution in [0, 0.1) is 18.6 Å². The lowest BCUT2D eigenvalue weighted by molar-refractivity contribution is 0.271. The van der Waals surface area contributed by atoms with Crippen LogP contribution in [0.5, 0.6) is 0 Å². The van der Waals surface area contributed by atoms with Crippen molar-refractivity contribution in [1.82, 2.24) is 9.62 Å². The van der Waals surface area contributed by atoms with Crippen molar-refractivity contribution in [2.24, 2.45) is 0 Å². The number of halogens is 3. The second-order valence-electron chi connectivity index (χ2n) is 5.80. The summed E-state index contributed by atoms with van der Waals surface area (Å²) in [6.07, 6.45) is 0. The Morgan fingerprint density at radius 2 is 1.84 bits per heavy atom. The fourth-order valence-corrected chi connectivity index (χ4v) is 4.82. The van der Waals surface area contributed by atoms with Gasteiger partial charge in [-0.1, -0.05) is 12.1 Å². The Balaban J connectivity index is 0.00000225. The Labute approximate surface area is 152 Å². The first-order valence-electron chi connectivity index (χ1n) is 7.64. The largest absolute Gasteiger partial charge is 0.313 e. The fraction of sp³-hybridized carbons (Fsp3) is 0.294. The highest BCUT2D eigenvalue weighted by atomic mass is 35.5. The van der Waals surface area contributed by atoms with Crippen LogP contribution in [-0.2, 0) is 10.0 Å². The highest BCUT2D eigenvalue weighted by molar-refractivity contribution is 7.89. The van der Waals surface area contributed by atoms with Gasteiger partial charge in [0.1, 0.15) is 11.6 Å². The number of hydrogen-bond donors (Lipinski definition) is 1. The quantitative estimate of drug-likeness (QED) is 0.879. The third-order valence-electron chi connectivity index (χ3n) is 4.15. The molecule has 0 radical (unpaired) electrons. The summed E-state index contributed by atoms with van der Waals surface area (Å²) in [7, 11) is -3.82. The minimum absolute atomic E-state index is 0. The topological polar surface area (TPSA) is 49.4 Å². The lowest BCUT2D eigenvalue weighted by Gasteiger charge is -2.35. The van der Waals surface area contributed by atoms with Crippen molar-refractivity contribution in [1.29, 1.82) is 0 Å². The van der Waals surface area contributed by atoms with E-state index in [1.54, 1.807) is 19.1 Å². The third-order valence-corrected chi connectivity index (χ3v) is 6.22. The van der Waals surface area contributed by atoms with Gasteiger partial charge in [-0.2, -0.15) is 4.31 Å². The van der Waals surface area contributed by atoms with E-state index in [9.17, 15) is 17.2 Å². The first-order chi connectivity index (χ1) is 11.4. The average molecular weight is 389 g/mol. The molecule has 1 N–H and O–H groups in total. The van der Waals surface area contributed by atoms with Gasteiger partial charge in [0.25, 0.3) is 0 Å². The molecule has 0 aliphatic carbocycles. The number of nitrogens with one attached hydrogen (secondary N) is 1. The predicted molar refractivity (Wildman–Crippen MR) is 94.3 cm³/mol. The molecule has 3 rings (SSSR count). The summed E-state index contributed by atoms with van der Waals surface area (Å²) in [5.74, 6) is -0.887. The molecule has 2 aromatic carbocycles. The molecule has 0 amide bonds. The molecule has 136 valence electrons. The van der Waals surface area contributed by atoms with Gasteiger partial charge in [0.2, 0.25) is 10.0 Å². The minimum Gasteiger partial charge on any atom is -0.313 e. The van der Waals surface area contributed by atoms with Crippen LogP contribution in [0.2, 0.25) is 0 Å². The fourth-order valence-electron chi connectivity index (χ4n) is 3.00. The molecule has 1 atom stereocenters. The molecule has 1 aliphatic heterocycles. The second-order valence-corrected chi connectivity index (χ2v) is 7.66. The van der Waals surface area contributed by atoms with Gasteiger partial charge in [0.15, 0.2) is 0 Å². The molecule has 2 aromatic rings. The third kappa shape index (κ3) is 4.00.